The van der Waals surface area contributed by atoms with Crippen LogP contribution >= 0.6 is 0 Å². The normalized spacial score (nSPS) is 13.0. The van der Waals surface area contributed by atoms with Crippen LogP contribution in [0.25, 0.3) is 0 Å². The van der Waals surface area contributed by atoms with Gasteiger partial charge in [-0.2, -0.15) is 4.90 Å². The number of rotatable bonds is 5. The fraction of sp³-hybridized carbons (Fsp3) is 0.812. The van der Waals surface area contributed by atoms with Crippen LogP contribution in [0.15, 0.2) is 0 Å². The Hall–Kier alpha value is -1.83. The summed E-state index contributed by atoms with van der Waals surface area (Å²) in [6.45, 7) is 11.0. The van der Waals surface area contributed by atoms with Gasteiger partial charge in [0.05, 0.1) is 6.61 Å². The lowest BCUT2D eigenvalue weighted by molar-refractivity contribution is -0.149. The summed E-state index contributed by atoms with van der Waals surface area (Å²) in [5.41, 5.74) is -1.76. The highest BCUT2D eigenvalue weighted by molar-refractivity contribution is 5.94. The van der Waals surface area contributed by atoms with Crippen LogP contribution in [0.5, 0.6) is 0 Å². The number of aliphatic hydroxyl groups excluding tert-OH is 1. The minimum Gasteiger partial charge on any atom is -0.464 e. The molecular formula is C16H29NO7. The maximum Gasteiger partial charge on any atom is 0.420 e. The Bertz CT molecular complexity index is 420. The van der Waals surface area contributed by atoms with E-state index in [0.717, 1.165) is 0 Å². The lowest BCUT2D eigenvalue weighted by Crippen LogP contribution is -2.52. The minimum absolute atomic E-state index is 0.0667. The maximum absolute atomic E-state index is 12.4. The zero-order valence-electron chi connectivity index (χ0n) is 15.5. The van der Waals surface area contributed by atoms with Crippen molar-refractivity contribution < 1.29 is 33.7 Å². The maximum atomic E-state index is 12.4. The number of aliphatic hydroxyl groups is 1. The molecule has 0 aliphatic carbocycles. The van der Waals surface area contributed by atoms with Crippen molar-refractivity contribution >= 4 is 18.2 Å². The number of hydrogen-bond donors (Lipinski definition) is 1. The zero-order chi connectivity index (χ0) is 19.1. The molecule has 0 aliphatic rings. The van der Waals surface area contributed by atoms with Crippen LogP contribution in [0.2, 0.25) is 0 Å². The lowest BCUT2D eigenvalue weighted by atomic mass is 10.1. The van der Waals surface area contributed by atoms with E-state index in [9.17, 15) is 19.5 Å². The number of amides is 2. The van der Waals surface area contributed by atoms with Gasteiger partial charge in [-0.05, 0) is 48.5 Å². The van der Waals surface area contributed by atoms with Crippen LogP contribution in [-0.4, -0.2) is 58.6 Å². The molecule has 0 aromatic rings. The third-order valence-electron chi connectivity index (χ3n) is 2.45. The molecule has 1 N–H and O–H groups in total. The highest BCUT2D eigenvalue weighted by Crippen LogP contribution is 2.19. The second-order valence-corrected chi connectivity index (χ2v) is 7.11. The molecule has 1 unspecified atom stereocenters. The molecule has 0 heterocycles. The Morgan fingerprint density at radius 3 is 1.67 bits per heavy atom. The first-order chi connectivity index (χ1) is 10.8. The van der Waals surface area contributed by atoms with Crippen LogP contribution in [-0.2, 0) is 19.0 Å². The molecule has 2 amide bonds. The van der Waals surface area contributed by atoms with E-state index in [-0.39, 0.29) is 13.0 Å². The monoisotopic (exact) mass is 347 g/mol. The molecule has 0 bridgehead atoms. The van der Waals surface area contributed by atoms with Gasteiger partial charge in [0, 0.05) is 13.0 Å². The molecule has 140 valence electrons. The smallest absolute Gasteiger partial charge is 0.420 e. The summed E-state index contributed by atoms with van der Waals surface area (Å²) in [7, 11) is 0. The predicted molar refractivity (Wildman–Crippen MR) is 86.4 cm³/mol. The summed E-state index contributed by atoms with van der Waals surface area (Å²) in [5, 5.41) is 9.19. The number of carbonyl (C=O) groups is 3. The van der Waals surface area contributed by atoms with Gasteiger partial charge >= 0.3 is 18.2 Å². The number of esters is 1. The summed E-state index contributed by atoms with van der Waals surface area (Å²) in [6.07, 6.45) is -2.26. The summed E-state index contributed by atoms with van der Waals surface area (Å²) >= 11 is 0. The van der Waals surface area contributed by atoms with E-state index in [4.69, 9.17) is 14.2 Å². The number of imide groups is 1. The number of hydrogen-bond acceptors (Lipinski definition) is 7. The van der Waals surface area contributed by atoms with E-state index in [0.29, 0.717) is 4.90 Å². The molecule has 0 fully saturated rings. The van der Waals surface area contributed by atoms with Gasteiger partial charge in [0.2, 0.25) is 0 Å². The summed E-state index contributed by atoms with van der Waals surface area (Å²) in [4.78, 5) is 37.5. The van der Waals surface area contributed by atoms with Gasteiger partial charge in [-0.15, -0.1) is 0 Å². The van der Waals surface area contributed by atoms with Crippen molar-refractivity contribution in [2.24, 2.45) is 0 Å². The van der Waals surface area contributed by atoms with Gasteiger partial charge in [-0.25, -0.2) is 14.4 Å². The first-order valence-electron chi connectivity index (χ1n) is 7.85. The van der Waals surface area contributed by atoms with Crippen molar-refractivity contribution in [3.63, 3.8) is 0 Å². The molecule has 0 aromatic carbocycles. The summed E-state index contributed by atoms with van der Waals surface area (Å²) in [5.74, 6) is -0.816. The van der Waals surface area contributed by atoms with Crippen LogP contribution in [0.1, 0.15) is 54.9 Å². The fourth-order valence-electron chi connectivity index (χ4n) is 1.66. The van der Waals surface area contributed by atoms with E-state index in [1.54, 1.807) is 48.5 Å². The van der Waals surface area contributed by atoms with E-state index in [1.165, 1.54) is 0 Å². The van der Waals surface area contributed by atoms with Crippen molar-refractivity contribution in [3.05, 3.63) is 0 Å². The molecule has 0 saturated carbocycles. The summed E-state index contributed by atoms with van der Waals surface area (Å²) < 4.78 is 15.3. The average molecular weight is 347 g/mol. The minimum atomic E-state index is -1.33. The number of ether oxygens (including phenoxy) is 3. The van der Waals surface area contributed by atoms with Gasteiger partial charge in [-0.1, -0.05) is 0 Å². The Kier molecular flexibility index (Phi) is 8.19. The van der Waals surface area contributed by atoms with E-state index in [1.807, 2.05) is 0 Å². The van der Waals surface area contributed by atoms with Gasteiger partial charge in [0.1, 0.15) is 17.2 Å². The molecule has 0 rings (SSSR count). The molecule has 0 aliphatic heterocycles. The van der Waals surface area contributed by atoms with Gasteiger partial charge < -0.3 is 19.3 Å². The van der Waals surface area contributed by atoms with Crippen molar-refractivity contribution in [1.29, 1.82) is 0 Å². The second-order valence-electron chi connectivity index (χ2n) is 7.11. The first-order valence-corrected chi connectivity index (χ1v) is 7.85. The van der Waals surface area contributed by atoms with E-state index >= 15 is 0 Å². The molecule has 8 nitrogen and oxygen atoms in total. The highest BCUT2D eigenvalue weighted by atomic mass is 16.6. The average Bonchev–Trinajstić information content (AvgIpc) is 2.33. The third-order valence-corrected chi connectivity index (χ3v) is 2.45. The Morgan fingerprint density at radius 1 is 0.958 bits per heavy atom. The fourth-order valence-corrected chi connectivity index (χ4v) is 1.66. The van der Waals surface area contributed by atoms with Gasteiger partial charge in [0.25, 0.3) is 0 Å². The van der Waals surface area contributed by atoms with Crippen molar-refractivity contribution in [3.8, 4) is 0 Å². The SMILES string of the molecule is CCOC(=O)C(CCO)N(C(=O)OC(C)(C)C)C(=O)OC(C)(C)C. The molecule has 1 atom stereocenters. The van der Waals surface area contributed by atoms with E-state index in [2.05, 4.69) is 0 Å². The first kappa shape index (κ1) is 22.2. The Labute approximate surface area is 143 Å². The molecule has 0 saturated heterocycles. The Morgan fingerprint density at radius 2 is 1.38 bits per heavy atom. The van der Waals surface area contributed by atoms with Crippen molar-refractivity contribution in [2.75, 3.05) is 13.2 Å². The topological polar surface area (TPSA) is 102 Å². The van der Waals surface area contributed by atoms with Crippen molar-refractivity contribution in [1.82, 2.24) is 4.90 Å². The molecule has 0 radical (unpaired) electrons. The molecule has 24 heavy (non-hydrogen) atoms. The second kappa shape index (κ2) is 8.86. The predicted octanol–water partition coefficient (Wildman–Crippen LogP) is 2.47. The summed E-state index contributed by atoms with van der Waals surface area (Å²) in [6, 6.07) is -1.33. The molecule has 8 heteroatoms. The van der Waals surface area contributed by atoms with Crippen LogP contribution in [0.3, 0.4) is 0 Å². The lowest BCUT2D eigenvalue weighted by Gasteiger charge is -2.32. The Balaban J connectivity index is 5.66. The molecular weight excluding hydrogens is 318 g/mol. The highest BCUT2D eigenvalue weighted by Gasteiger charge is 2.40. The van der Waals surface area contributed by atoms with Gasteiger partial charge in [-0.3, -0.25) is 0 Å². The molecule has 0 aromatic heterocycles. The third kappa shape index (κ3) is 8.14. The van der Waals surface area contributed by atoms with E-state index < -0.39 is 42.0 Å². The number of nitrogens with zero attached hydrogens (tertiary/aromatic N) is 1. The largest absolute Gasteiger partial charge is 0.464 e. The zero-order valence-corrected chi connectivity index (χ0v) is 15.5. The van der Waals surface area contributed by atoms with Crippen LogP contribution in [0, 0.1) is 0 Å². The standard InChI is InChI=1S/C16H29NO7/c1-8-22-12(19)11(9-10-18)17(13(20)23-15(2,3)4)14(21)24-16(5,6)7/h11,18H,8-10H2,1-7H3. The molecule has 0 spiro atoms. The van der Waals surface area contributed by atoms with Crippen molar-refractivity contribution in [2.45, 2.75) is 72.1 Å². The number of carbonyl (C=O) groups excluding carboxylic acids is 3. The van der Waals surface area contributed by atoms with Crippen LogP contribution < -0.4 is 0 Å². The quantitative estimate of drug-likeness (QED) is 0.602. The van der Waals surface area contributed by atoms with Crippen LogP contribution in [0.4, 0.5) is 9.59 Å². The van der Waals surface area contributed by atoms with Gasteiger partial charge in [0.15, 0.2) is 0 Å².